The summed E-state index contributed by atoms with van der Waals surface area (Å²) in [5, 5.41) is 0. The van der Waals surface area contributed by atoms with Crippen molar-refractivity contribution in [1.82, 2.24) is 4.98 Å². The highest BCUT2D eigenvalue weighted by Gasteiger charge is 1.86. The molecule has 1 N–H and O–H groups in total. The van der Waals surface area contributed by atoms with Gasteiger partial charge in [-0.05, 0) is 0 Å². The minimum atomic E-state index is -0.157. The Morgan fingerprint density at radius 2 is 2.20 bits per heavy atom. The molecule has 54 valence electrons. The Hall–Kier alpha value is -1.09. The molecular formula is C6H6ClNO2. The van der Waals surface area contributed by atoms with Crippen LogP contribution in [0.25, 0.3) is 0 Å². The fourth-order valence-corrected chi connectivity index (χ4v) is 0.531. The van der Waals surface area contributed by atoms with E-state index in [2.05, 4.69) is 4.98 Å². The van der Waals surface area contributed by atoms with Gasteiger partial charge in [0.2, 0.25) is 0 Å². The fourth-order valence-electron chi connectivity index (χ4n) is 0.531. The molecule has 0 spiro atoms. The predicted octanol–water partition coefficient (Wildman–Crippen LogP) is 0.609. The SMILES string of the molecule is Cl.O=Cc1cc(=O)cc[nH]1. The second-order valence-electron chi connectivity index (χ2n) is 1.60. The van der Waals surface area contributed by atoms with Crippen molar-refractivity contribution in [2.75, 3.05) is 0 Å². The van der Waals surface area contributed by atoms with E-state index in [1.807, 2.05) is 0 Å². The van der Waals surface area contributed by atoms with Crippen LogP contribution < -0.4 is 5.43 Å². The first-order valence-electron chi connectivity index (χ1n) is 2.47. The first-order chi connectivity index (χ1) is 4.33. The second kappa shape index (κ2) is 3.85. The number of nitrogens with one attached hydrogen (secondary N) is 1. The van der Waals surface area contributed by atoms with Crippen LogP contribution in [0.5, 0.6) is 0 Å². The van der Waals surface area contributed by atoms with Crippen molar-refractivity contribution in [2.45, 2.75) is 0 Å². The molecule has 0 aliphatic rings. The summed E-state index contributed by atoms with van der Waals surface area (Å²) in [4.78, 5) is 23.0. The van der Waals surface area contributed by atoms with Gasteiger partial charge in [0, 0.05) is 18.3 Å². The molecule has 0 radical (unpaired) electrons. The van der Waals surface area contributed by atoms with Gasteiger partial charge in [-0.25, -0.2) is 0 Å². The van der Waals surface area contributed by atoms with Crippen molar-refractivity contribution in [3.05, 3.63) is 34.2 Å². The number of carbonyl (C=O) groups excluding carboxylic acids is 1. The quantitative estimate of drug-likeness (QED) is 0.611. The lowest BCUT2D eigenvalue weighted by Crippen LogP contribution is -1.99. The first kappa shape index (κ1) is 8.91. The second-order valence-corrected chi connectivity index (χ2v) is 1.60. The number of aldehydes is 1. The molecule has 0 aliphatic carbocycles. The van der Waals surface area contributed by atoms with Crippen LogP contribution in [0, 0.1) is 0 Å². The molecule has 0 saturated carbocycles. The molecule has 3 nitrogen and oxygen atoms in total. The molecule has 0 amide bonds. The van der Waals surface area contributed by atoms with E-state index in [1.54, 1.807) is 0 Å². The van der Waals surface area contributed by atoms with E-state index in [-0.39, 0.29) is 17.8 Å². The van der Waals surface area contributed by atoms with Crippen LogP contribution in [0.4, 0.5) is 0 Å². The lowest BCUT2D eigenvalue weighted by Gasteiger charge is -1.84. The number of pyridine rings is 1. The predicted molar refractivity (Wildman–Crippen MR) is 39.7 cm³/mol. The number of aromatic amines is 1. The third kappa shape index (κ3) is 2.03. The Morgan fingerprint density at radius 3 is 2.60 bits per heavy atom. The Bertz CT molecular complexity index is 268. The van der Waals surface area contributed by atoms with Gasteiger partial charge in [-0.1, -0.05) is 0 Å². The molecule has 0 bridgehead atoms. The van der Waals surface area contributed by atoms with Gasteiger partial charge in [-0.3, -0.25) is 9.59 Å². The van der Waals surface area contributed by atoms with Gasteiger partial charge >= 0.3 is 0 Å². The third-order valence-electron chi connectivity index (χ3n) is 0.922. The van der Waals surface area contributed by atoms with Gasteiger partial charge in [0.25, 0.3) is 0 Å². The van der Waals surface area contributed by atoms with Crippen LogP contribution in [-0.4, -0.2) is 11.3 Å². The molecule has 0 aromatic carbocycles. The molecule has 1 heterocycles. The topological polar surface area (TPSA) is 49.9 Å². The number of hydrogen-bond donors (Lipinski definition) is 1. The zero-order valence-corrected chi connectivity index (χ0v) is 5.85. The van der Waals surface area contributed by atoms with Gasteiger partial charge in [0.15, 0.2) is 11.7 Å². The van der Waals surface area contributed by atoms with Crippen molar-refractivity contribution in [2.24, 2.45) is 0 Å². The molecule has 1 rings (SSSR count). The lowest BCUT2D eigenvalue weighted by molar-refractivity contribution is 0.111. The van der Waals surface area contributed by atoms with Crippen LogP contribution in [-0.2, 0) is 0 Å². The van der Waals surface area contributed by atoms with E-state index in [9.17, 15) is 9.59 Å². The summed E-state index contributed by atoms with van der Waals surface area (Å²) in [6.07, 6.45) is 2.04. The number of halogens is 1. The molecule has 0 saturated heterocycles. The Balaban J connectivity index is 0.000000810. The van der Waals surface area contributed by atoms with E-state index in [0.29, 0.717) is 12.0 Å². The average Bonchev–Trinajstić information content (AvgIpc) is 1.88. The van der Waals surface area contributed by atoms with Crippen molar-refractivity contribution < 1.29 is 4.79 Å². The molecule has 1 aromatic heterocycles. The Labute approximate surface area is 63.5 Å². The van der Waals surface area contributed by atoms with E-state index >= 15 is 0 Å². The summed E-state index contributed by atoms with van der Waals surface area (Å²) in [5.41, 5.74) is 0.151. The zero-order chi connectivity index (χ0) is 6.69. The molecule has 0 fully saturated rings. The Morgan fingerprint density at radius 1 is 1.50 bits per heavy atom. The lowest BCUT2D eigenvalue weighted by atomic mass is 10.4. The molecule has 1 aromatic rings. The molecule has 0 atom stereocenters. The molecule has 4 heteroatoms. The van der Waals surface area contributed by atoms with Crippen LogP contribution in [0.15, 0.2) is 23.1 Å². The third-order valence-corrected chi connectivity index (χ3v) is 0.922. The number of H-pyrrole nitrogens is 1. The number of rotatable bonds is 1. The molecule has 0 unspecified atom stereocenters. The summed E-state index contributed by atoms with van der Waals surface area (Å²) in [7, 11) is 0. The van der Waals surface area contributed by atoms with Crippen molar-refractivity contribution in [3.63, 3.8) is 0 Å². The summed E-state index contributed by atoms with van der Waals surface area (Å²) < 4.78 is 0. The van der Waals surface area contributed by atoms with E-state index in [1.165, 1.54) is 18.3 Å². The highest BCUT2D eigenvalue weighted by molar-refractivity contribution is 5.85. The molecular weight excluding hydrogens is 154 g/mol. The van der Waals surface area contributed by atoms with Crippen LogP contribution in [0.1, 0.15) is 10.5 Å². The average molecular weight is 160 g/mol. The molecule has 10 heavy (non-hydrogen) atoms. The minimum Gasteiger partial charge on any atom is -0.359 e. The minimum absolute atomic E-state index is 0. The van der Waals surface area contributed by atoms with Crippen LogP contribution in [0.2, 0.25) is 0 Å². The highest BCUT2D eigenvalue weighted by atomic mass is 35.5. The van der Waals surface area contributed by atoms with Crippen LogP contribution in [0.3, 0.4) is 0 Å². The first-order valence-corrected chi connectivity index (χ1v) is 2.47. The number of hydrogen-bond acceptors (Lipinski definition) is 2. The van der Waals surface area contributed by atoms with Crippen molar-refractivity contribution in [3.8, 4) is 0 Å². The van der Waals surface area contributed by atoms with Gasteiger partial charge in [-0.15, -0.1) is 12.4 Å². The van der Waals surface area contributed by atoms with E-state index in [4.69, 9.17) is 0 Å². The monoisotopic (exact) mass is 159 g/mol. The van der Waals surface area contributed by atoms with Crippen molar-refractivity contribution >= 4 is 18.7 Å². The zero-order valence-electron chi connectivity index (χ0n) is 5.03. The van der Waals surface area contributed by atoms with Gasteiger partial charge in [0.05, 0.1) is 5.69 Å². The summed E-state index contributed by atoms with van der Waals surface area (Å²) in [6.45, 7) is 0. The largest absolute Gasteiger partial charge is 0.359 e. The van der Waals surface area contributed by atoms with E-state index in [0.717, 1.165) is 0 Å². The maximum Gasteiger partial charge on any atom is 0.182 e. The maximum atomic E-state index is 10.5. The standard InChI is InChI=1S/C6H5NO2.ClH/c8-4-5-3-6(9)1-2-7-5;/h1-4H,(H,7,9);1H. The highest BCUT2D eigenvalue weighted by Crippen LogP contribution is 1.79. The summed E-state index contributed by atoms with van der Waals surface area (Å²) in [5.74, 6) is 0. The van der Waals surface area contributed by atoms with Crippen molar-refractivity contribution in [1.29, 1.82) is 0 Å². The molecule has 0 aliphatic heterocycles. The number of carbonyl (C=O) groups is 1. The summed E-state index contributed by atoms with van der Waals surface area (Å²) >= 11 is 0. The van der Waals surface area contributed by atoms with E-state index < -0.39 is 0 Å². The maximum absolute atomic E-state index is 10.5. The smallest absolute Gasteiger partial charge is 0.182 e. The van der Waals surface area contributed by atoms with Crippen LogP contribution >= 0.6 is 12.4 Å². The normalized spacial score (nSPS) is 8.00. The summed E-state index contributed by atoms with van der Waals surface area (Å²) in [6, 6.07) is 2.60. The van der Waals surface area contributed by atoms with Gasteiger partial charge in [0.1, 0.15) is 0 Å². The van der Waals surface area contributed by atoms with Gasteiger partial charge in [-0.2, -0.15) is 0 Å². The Kier molecular flexibility index (Phi) is 3.43. The van der Waals surface area contributed by atoms with Gasteiger partial charge < -0.3 is 4.98 Å². The number of aromatic nitrogens is 1. The fraction of sp³-hybridized carbons (Fsp3) is 0.